The molecule has 0 saturated heterocycles. The minimum Gasteiger partial charge on any atom is -0.480 e. The van der Waals surface area contributed by atoms with Crippen LogP contribution in [0.15, 0.2) is 18.2 Å². The molecular formula is C11H11Cl2NO4. The normalized spacial score (nSPS) is 13.8. The number of hydrogen-bond acceptors (Lipinski definition) is 3. The first kappa shape index (κ1) is 14.8. The number of carboxylic acids is 1. The number of carboxylic acid groups (broad SMARTS) is 1. The number of aliphatic hydroxyl groups excluding tert-OH is 1. The molecule has 0 spiro atoms. The Bertz CT molecular complexity index is 458. The molecule has 3 N–H and O–H groups in total. The van der Waals surface area contributed by atoms with E-state index in [0.29, 0.717) is 0 Å². The molecule has 5 nitrogen and oxygen atoms in total. The average molecular weight is 292 g/mol. The SMILES string of the molecule is C[C@H](NC(=O)C(O)c1cc(Cl)cc(Cl)c1)C(=O)O. The Morgan fingerprint density at radius 3 is 2.17 bits per heavy atom. The number of benzene rings is 1. The van der Waals surface area contributed by atoms with Crippen LogP contribution in [0.2, 0.25) is 10.0 Å². The fourth-order valence-electron chi connectivity index (χ4n) is 1.24. The van der Waals surface area contributed by atoms with Gasteiger partial charge in [0.1, 0.15) is 6.04 Å². The van der Waals surface area contributed by atoms with Crippen LogP contribution in [0.25, 0.3) is 0 Å². The number of halogens is 2. The third-order valence-electron chi connectivity index (χ3n) is 2.18. The lowest BCUT2D eigenvalue weighted by Gasteiger charge is -2.14. The van der Waals surface area contributed by atoms with Crippen LogP contribution in [0.4, 0.5) is 0 Å². The van der Waals surface area contributed by atoms with E-state index in [2.05, 4.69) is 5.32 Å². The van der Waals surface area contributed by atoms with Crippen molar-refractivity contribution in [1.29, 1.82) is 0 Å². The molecule has 1 unspecified atom stereocenters. The minimum atomic E-state index is -1.53. The highest BCUT2D eigenvalue weighted by atomic mass is 35.5. The average Bonchev–Trinajstić information content (AvgIpc) is 2.26. The summed E-state index contributed by atoms with van der Waals surface area (Å²) in [5.74, 6) is -2.03. The first-order valence-electron chi connectivity index (χ1n) is 4.98. The van der Waals surface area contributed by atoms with Gasteiger partial charge in [0.25, 0.3) is 5.91 Å². The van der Waals surface area contributed by atoms with E-state index in [1.807, 2.05) is 0 Å². The van der Waals surface area contributed by atoms with E-state index >= 15 is 0 Å². The molecule has 1 aromatic rings. The number of aliphatic hydroxyl groups is 1. The van der Waals surface area contributed by atoms with Crippen LogP contribution in [0.5, 0.6) is 0 Å². The van der Waals surface area contributed by atoms with E-state index in [0.717, 1.165) is 0 Å². The molecule has 98 valence electrons. The predicted molar refractivity (Wildman–Crippen MR) is 66.7 cm³/mol. The van der Waals surface area contributed by atoms with E-state index in [1.54, 1.807) is 0 Å². The number of aliphatic carboxylic acids is 1. The van der Waals surface area contributed by atoms with E-state index in [9.17, 15) is 14.7 Å². The van der Waals surface area contributed by atoms with Crippen molar-refractivity contribution < 1.29 is 19.8 Å². The number of rotatable bonds is 4. The molecule has 2 atom stereocenters. The molecule has 7 heteroatoms. The van der Waals surface area contributed by atoms with E-state index in [1.165, 1.54) is 25.1 Å². The van der Waals surface area contributed by atoms with Gasteiger partial charge in [0, 0.05) is 10.0 Å². The fourth-order valence-corrected chi connectivity index (χ4v) is 1.78. The number of carbonyl (C=O) groups excluding carboxylic acids is 1. The molecule has 0 fully saturated rings. The summed E-state index contributed by atoms with van der Waals surface area (Å²) in [5.41, 5.74) is 0.197. The Labute approximate surface area is 113 Å². The molecule has 1 rings (SSSR count). The van der Waals surface area contributed by atoms with Gasteiger partial charge in [0.2, 0.25) is 0 Å². The van der Waals surface area contributed by atoms with Crippen LogP contribution < -0.4 is 5.32 Å². The maximum absolute atomic E-state index is 11.6. The Morgan fingerprint density at radius 2 is 1.72 bits per heavy atom. The molecule has 0 saturated carbocycles. The van der Waals surface area contributed by atoms with Gasteiger partial charge in [-0.2, -0.15) is 0 Å². The second kappa shape index (κ2) is 6.04. The van der Waals surface area contributed by atoms with Crippen molar-refractivity contribution in [3.63, 3.8) is 0 Å². The van der Waals surface area contributed by atoms with Crippen molar-refractivity contribution in [2.45, 2.75) is 19.1 Å². The van der Waals surface area contributed by atoms with Gasteiger partial charge in [-0.15, -0.1) is 0 Å². The van der Waals surface area contributed by atoms with Gasteiger partial charge in [-0.3, -0.25) is 9.59 Å². The monoisotopic (exact) mass is 291 g/mol. The van der Waals surface area contributed by atoms with Gasteiger partial charge in [-0.25, -0.2) is 0 Å². The second-order valence-corrected chi connectivity index (χ2v) is 4.55. The van der Waals surface area contributed by atoms with Crippen molar-refractivity contribution in [2.24, 2.45) is 0 Å². The van der Waals surface area contributed by atoms with Crippen LogP contribution in [-0.4, -0.2) is 28.1 Å². The summed E-state index contributed by atoms with van der Waals surface area (Å²) >= 11 is 11.5. The molecular weight excluding hydrogens is 281 g/mol. The van der Waals surface area contributed by atoms with Crippen LogP contribution in [0.1, 0.15) is 18.6 Å². The molecule has 0 heterocycles. The predicted octanol–water partition coefficient (Wildman–Crippen LogP) is 1.62. The summed E-state index contributed by atoms with van der Waals surface area (Å²) in [6, 6.07) is 3.12. The van der Waals surface area contributed by atoms with Crippen molar-refractivity contribution >= 4 is 35.1 Å². The quantitative estimate of drug-likeness (QED) is 0.787. The van der Waals surface area contributed by atoms with E-state index in [-0.39, 0.29) is 15.6 Å². The second-order valence-electron chi connectivity index (χ2n) is 3.67. The minimum absolute atomic E-state index is 0.197. The van der Waals surface area contributed by atoms with Crippen LogP contribution in [0, 0.1) is 0 Å². The zero-order valence-electron chi connectivity index (χ0n) is 9.35. The summed E-state index contributed by atoms with van der Waals surface area (Å²) in [6.45, 7) is 1.29. The van der Waals surface area contributed by atoms with Crippen LogP contribution in [0.3, 0.4) is 0 Å². The number of amides is 1. The standard InChI is InChI=1S/C11H11Cl2NO4/c1-5(11(17)18)14-10(16)9(15)6-2-7(12)4-8(13)3-6/h2-5,9,15H,1H3,(H,14,16)(H,17,18)/t5-,9?/m0/s1. The fraction of sp³-hybridized carbons (Fsp3) is 0.273. The van der Waals surface area contributed by atoms with Crippen molar-refractivity contribution in [3.05, 3.63) is 33.8 Å². The smallest absolute Gasteiger partial charge is 0.325 e. The maximum atomic E-state index is 11.6. The molecule has 0 aliphatic heterocycles. The van der Waals surface area contributed by atoms with Crippen LogP contribution in [-0.2, 0) is 9.59 Å². The van der Waals surface area contributed by atoms with Crippen molar-refractivity contribution in [1.82, 2.24) is 5.32 Å². The van der Waals surface area contributed by atoms with Gasteiger partial charge >= 0.3 is 5.97 Å². The molecule has 18 heavy (non-hydrogen) atoms. The molecule has 0 aliphatic carbocycles. The first-order valence-corrected chi connectivity index (χ1v) is 5.74. The van der Waals surface area contributed by atoms with Crippen LogP contribution >= 0.6 is 23.2 Å². The molecule has 0 radical (unpaired) electrons. The molecule has 1 aromatic carbocycles. The summed E-state index contributed by atoms with van der Waals surface area (Å²) in [6.07, 6.45) is -1.53. The van der Waals surface area contributed by atoms with Gasteiger partial charge in [0.05, 0.1) is 0 Å². The summed E-state index contributed by atoms with van der Waals surface area (Å²) in [5, 5.41) is 21.1. The largest absolute Gasteiger partial charge is 0.480 e. The highest BCUT2D eigenvalue weighted by Crippen LogP contribution is 2.23. The van der Waals surface area contributed by atoms with Gasteiger partial charge in [-0.1, -0.05) is 23.2 Å². The third kappa shape index (κ3) is 3.87. The Morgan fingerprint density at radius 1 is 1.22 bits per heavy atom. The number of nitrogens with one attached hydrogen (secondary N) is 1. The summed E-state index contributed by atoms with van der Waals surface area (Å²) < 4.78 is 0. The lowest BCUT2D eigenvalue weighted by Crippen LogP contribution is -2.41. The Hall–Kier alpha value is -1.30. The summed E-state index contributed by atoms with van der Waals surface area (Å²) in [4.78, 5) is 22.1. The third-order valence-corrected chi connectivity index (χ3v) is 2.61. The number of hydrogen-bond donors (Lipinski definition) is 3. The molecule has 0 bridgehead atoms. The van der Waals surface area contributed by atoms with Crippen molar-refractivity contribution in [3.8, 4) is 0 Å². The molecule has 0 aliphatic rings. The maximum Gasteiger partial charge on any atom is 0.325 e. The Balaban J connectivity index is 2.83. The lowest BCUT2D eigenvalue weighted by atomic mass is 10.1. The highest BCUT2D eigenvalue weighted by Gasteiger charge is 2.22. The molecule has 1 amide bonds. The first-order chi connectivity index (χ1) is 8.31. The van der Waals surface area contributed by atoms with Crippen molar-refractivity contribution in [2.75, 3.05) is 0 Å². The molecule has 0 aromatic heterocycles. The highest BCUT2D eigenvalue weighted by molar-refractivity contribution is 6.34. The topological polar surface area (TPSA) is 86.6 Å². The summed E-state index contributed by atoms with van der Waals surface area (Å²) in [7, 11) is 0. The van der Waals surface area contributed by atoms with Gasteiger partial charge < -0.3 is 15.5 Å². The Kier molecular flexibility index (Phi) is 4.95. The number of carbonyl (C=O) groups is 2. The zero-order chi connectivity index (χ0) is 13.9. The van der Waals surface area contributed by atoms with E-state index < -0.39 is 24.0 Å². The lowest BCUT2D eigenvalue weighted by molar-refractivity contribution is -0.142. The van der Waals surface area contributed by atoms with Gasteiger partial charge in [-0.05, 0) is 30.7 Å². The van der Waals surface area contributed by atoms with Gasteiger partial charge in [0.15, 0.2) is 6.10 Å². The zero-order valence-corrected chi connectivity index (χ0v) is 10.9. The van der Waals surface area contributed by atoms with E-state index in [4.69, 9.17) is 28.3 Å².